The Bertz CT molecular complexity index is 435. The van der Waals surface area contributed by atoms with Crippen LogP contribution < -0.4 is 5.32 Å². The van der Waals surface area contributed by atoms with Crippen LogP contribution in [0.2, 0.25) is 0 Å². The van der Waals surface area contributed by atoms with E-state index in [1.807, 2.05) is 0 Å². The normalized spacial score (nSPS) is 11.3. The predicted octanol–water partition coefficient (Wildman–Crippen LogP) is 3.47. The molecule has 0 fully saturated rings. The molecule has 0 aliphatic heterocycles. The minimum atomic E-state index is -4.26. The predicted molar refractivity (Wildman–Crippen MR) is 64.3 cm³/mol. The third-order valence-electron chi connectivity index (χ3n) is 2.18. The smallest absolute Gasteiger partial charge is 0.390 e. The molecule has 100 valence electrons. The van der Waals surface area contributed by atoms with Crippen LogP contribution >= 0.6 is 11.8 Å². The van der Waals surface area contributed by atoms with Crippen molar-refractivity contribution in [1.82, 2.24) is 0 Å². The van der Waals surface area contributed by atoms with Gasteiger partial charge in [0.15, 0.2) is 0 Å². The summed E-state index contributed by atoms with van der Waals surface area (Å²) in [4.78, 5) is 11.6. The van der Waals surface area contributed by atoms with E-state index in [0.717, 1.165) is 0 Å². The van der Waals surface area contributed by atoms with Crippen molar-refractivity contribution >= 4 is 23.4 Å². The summed E-state index contributed by atoms with van der Waals surface area (Å²) in [5, 5.41) is 11.6. The lowest BCUT2D eigenvalue weighted by Crippen LogP contribution is -2.16. The van der Waals surface area contributed by atoms with Gasteiger partial charge >= 0.3 is 12.1 Å². The van der Waals surface area contributed by atoms with Gasteiger partial charge < -0.3 is 10.4 Å². The highest BCUT2D eigenvalue weighted by Gasteiger charge is 2.26. The molecule has 0 aliphatic rings. The van der Waals surface area contributed by atoms with Gasteiger partial charge in [-0.3, -0.25) is 0 Å². The number of anilines is 1. The SMILES string of the molecule is CSc1cccc(NCCC(F)(F)F)c1C(=O)O. The van der Waals surface area contributed by atoms with Gasteiger partial charge in [-0.15, -0.1) is 11.8 Å². The van der Waals surface area contributed by atoms with E-state index in [1.54, 1.807) is 18.4 Å². The number of rotatable bonds is 5. The monoisotopic (exact) mass is 279 g/mol. The van der Waals surface area contributed by atoms with Crippen molar-refractivity contribution in [2.75, 3.05) is 18.1 Å². The maximum Gasteiger partial charge on any atom is 0.390 e. The number of aromatic carboxylic acids is 1. The molecule has 0 radical (unpaired) electrons. The number of nitrogens with one attached hydrogen (secondary N) is 1. The van der Waals surface area contributed by atoms with Crippen LogP contribution in [0.1, 0.15) is 16.8 Å². The molecule has 0 saturated carbocycles. The second kappa shape index (κ2) is 5.99. The van der Waals surface area contributed by atoms with E-state index in [-0.39, 0.29) is 17.8 Å². The highest BCUT2D eigenvalue weighted by atomic mass is 32.2. The Morgan fingerprint density at radius 2 is 2.11 bits per heavy atom. The van der Waals surface area contributed by atoms with E-state index in [0.29, 0.717) is 4.90 Å². The molecular formula is C11H12F3NO2S. The number of benzene rings is 1. The molecule has 18 heavy (non-hydrogen) atoms. The van der Waals surface area contributed by atoms with Gasteiger partial charge in [0.2, 0.25) is 0 Å². The highest BCUT2D eigenvalue weighted by molar-refractivity contribution is 7.98. The van der Waals surface area contributed by atoms with Crippen molar-refractivity contribution in [2.45, 2.75) is 17.5 Å². The minimum absolute atomic E-state index is 0.00664. The number of carboxylic acid groups (broad SMARTS) is 1. The van der Waals surface area contributed by atoms with Crippen LogP contribution in [0.4, 0.5) is 18.9 Å². The average Bonchev–Trinajstić information content (AvgIpc) is 2.26. The van der Waals surface area contributed by atoms with Crippen LogP contribution in [-0.4, -0.2) is 30.1 Å². The van der Waals surface area contributed by atoms with E-state index >= 15 is 0 Å². The van der Waals surface area contributed by atoms with E-state index in [2.05, 4.69) is 5.32 Å². The summed E-state index contributed by atoms with van der Waals surface area (Å²) < 4.78 is 36.0. The third kappa shape index (κ3) is 4.14. The maximum absolute atomic E-state index is 12.0. The average molecular weight is 279 g/mol. The van der Waals surface area contributed by atoms with Crippen LogP contribution in [0.15, 0.2) is 23.1 Å². The molecule has 1 rings (SSSR count). The molecule has 0 amide bonds. The lowest BCUT2D eigenvalue weighted by molar-refractivity contribution is -0.131. The van der Waals surface area contributed by atoms with Crippen LogP contribution in [0.5, 0.6) is 0 Å². The molecule has 0 aromatic heterocycles. The van der Waals surface area contributed by atoms with Gasteiger partial charge in [-0.05, 0) is 18.4 Å². The molecule has 1 aromatic rings. The zero-order chi connectivity index (χ0) is 13.8. The first-order valence-electron chi connectivity index (χ1n) is 5.06. The molecule has 1 aromatic carbocycles. The van der Waals surface area contributed by atoms with E-state index < -0.39 is 18.6 Å². The van der Waals surface area contributed by atoms with Crippen LogP contribution in [0.3, 0.4) is 0 Å². The summed E-state index contributed by atoms with van der Waals surface area (Å²) in [7, 11) is 0. The van der Waals surface area contributed by atoms with Crippen molar-refractivity contribution in [1.29, 1.82) is 0 Å². The first-order chi connectivity index (χ1) is 8.35. The van der Waals surface area contributed by atoms with Crippen molar-refractivity contribution < 1.29 is 23.1 Å². The summed E-state index contributed by atoms with van der Waals surface area (Å²) >= 11 is 1.23. The number of carbonyl (C=O) groups is 1. The van der Waals surface area contributed by atoms with Gasteiger partial charge in [-0.1, -0.05) is 6.07 Å². The first-order valence-corrected chi connectivity index (χ1v) is 6.28. The molecule has 7 heteroatoms. The third-order valence-corrected chi connectivity index (χ3v) is 2.96. The van der Waals surface area contributed by atoms with Crippen molar-refractivity contribution in [3.05, 3.63) is 23.8 Å². The zero-order valence-corrected chi connectivity index (χ0v) is 10.4. The second-order valence-corrected chi connectivity index (χ2v) is 4.33. The van der Waals surface area contributed by atoms with Gasteiger partial charge in [0.05, 0.1) is 12.0 Å². The molecular weight excluding hydrogens is 267 g/mol. The second-order valence-electron chi connectivity index (χ2n) is 3.48. The Morgan fingerprint density at radius 3 is 2.61 bits per heavy atom. The quantitative estimate of drug-likeness (QED) is 0.810. The number of hydrogen-bond donors (Lipinski definition) is 2. The Morgan fingerprint density at radius 1 is 1.44 bits per heavy atom. The molecule has 0 unspecified atom stereocenters. The zero-order valence-electron chi connectivity index (χ0n) is 9.54. The Hall–Kier alpha value is -1.37. The Balaban J connectivity index is 2.85. The number of halogens is 3. The van der Waals surface area contributed by atoms with E-state index in [1.165, 1.54) is 17.8 Å². The standard InChI is InChI=1S/C11H12F3NO2S/c1-18-8-4-2-3-7(9(8)10(16)17)15-6-5-11(12,13)14/h2-4,15H,5-6H2,1H3,(H,16,17). The fourth-order valence-corrected chi connectivity index (χ4v) is 2.02. The van der Waals surface area contributed by atoms with Crippen LogP contribution in [-0.2, 0) is 0 Å². The Labute approximate surface area is 106 Å². The van der Waals surface area contributed by atoms with Crippen molar-refractivity contribution in [3.63, 3.8) is 0 Å². The first kappa shape index (κ1) is 14.7. The summed E-state index contributed by atoms with van der Waals surface area (Å²) in [6.45, 7) is -0.346. The lowest BCUT2D eigenvalue weighted by Gasteiger charge is -2.13. The van der Waals surface area contributed by atoms with Gasteiger partial charge in [0.1, 0.15) is 0 Å². The largest absolute Gasteiger partial charge is 0.478 e. The summed E-state index contributed by atoms with van der Waals surface area (Å²) in [6, 6.07) is 4.68. The van der Waals surface area contributed by atoms with Gasteiger partial charge in [-0.2, -0.15) is 13.2 Å². The maximum atomic E-state index is 12.0. The molecule has 0 saturated heterocycles. The molecule has 0 heterocycles. The van der Waals surface area contributed by atoms with Crippen LogP contribution in [0.25, 0.3) is 0 Å². The fourth-order valence-electron chi connectivity index (χ4n) is 1.41. The van der Waals surface area contributed by atoms with Crippen molar-refractivity contribution in [2.24, 2.45) is 0 Å². The lowest BCUT2D eigenvalue weighted by atomic mass is 10.1. The summed E-state index contributed by atoms with van der Waals surface area (Å²) in [6.07, 6.45) is -3.55. The minimum Gasteiger partial charge on any atom is -0.478 e. The number of alkyl halides is 3. The van der Waals surface area contributed by atoms with E-state index in [9.17, 15) is 18.0 Å². The van der Waals surface area contributed by atoms with Gasteiger partial charge in [-0.25, -0.2) is 4.79 Å². The molecule has 0 bridgehead atoms. The molecule has 3 nitrogen and oxygen atoms in total. The fraction of sp³-hybridized carbons (Fsp3) is 0.364. The summed E-state index contributed by atoms with van der Waals surface area (Å²) in [5.74, 6) is -1.16. The topological polar surface area (TPSA) is 49.3 Å². The summed E-state index contributed by atoms with van der Waals surface area (Å²) in [5.41, 5.74) is 0.214. The Kier molecular flexibility index (Phi) is 4.89. The molecule has 0 aliphatic carbocycles. The molecule has 2 N–H and O–H groups in total. The number of thioether (sulfide) groups is 1. The van der Waals surface area contributed by atoms with E-state index in [4.69, 9.17) is 5.11 Å². The molecule has 0 spiro atoms. The number of hydrogen-bond acceptors (Lipinski definition) is 3. The molecule has 0 atom stereocenters. The van der Waals surface area contributed by atoms with Gasteiger partial charge in [0.25, 0.3) is 0 Å². The number of carboxylic acids is 1. The van der Waals surface area contributed by atoms with Crippen molar-refractivity contribution in [3.8, 4) is 0 Å². The highest BCUT2D eigenvalue weighted by Crippen LogP contribution is 2.27. The van der Waals surface area contributed by atoms with Crippen LogP contribution in [0, 0.1) is 0 Å². The van der Waals surface area contributed by atoms with Gasteiger partial charge in [0, 0.05) is 17.1 Å².